The lowest BCUT2D eigenvalue weighted by Gasteiger charge is -2.14. The van der Waals surface area contributed by atoms with E-state index in [0.717, 1.165) is 22.2 Å². The number of aliphatic carboxylic acids is 1. The molecule has 2 heterocycles. The highest BCUT2D eigenvalue weighted by Gasteiger charge is 2.24. The van der Waals surface area contributed by atoms with E-state index in [9.17, 15) is 14.7 Å². The van der Waals surface area contributed by atoms with Crippen LogP contribution in [0.5, 0.6) is 0 Å². The number of nitrogens with zero attached hydrogens (tertiary/aromatic N) is 2. The lowest BCUT2D eigenvalue weighted by Crippen LogP contribution is -2.42. The molecule has 3 aromatic rings. The number of aromatic nitrogens is 3. The number of benzene rings is 1. The molecule has 0 unspecified atom stereocenters. The minimum atomic E-state index is -1.07. The minimum absolute atomic E-state index is 0.184. The van der Waals surface area contributed by atoms with Gasteiger partial charge < -0.3 is 15.4 Å². The molecule has 26 heavy (non-hydrogen) atoms. The smallest absolute Gasteiger partial charge is 0.326 e. The number of carboxylic acids is 1. The number of H-pyrrole nitrogens is 1. The number of nitrogens with one attached hydrogen (secondary N) is 2. The maximum Gasteiger partial charge on any atom is 0.326 e. The van der Waals surface area contributed by atoms with Gasteiger partial charge in [0.1, 0.15) is 11.7 Å². The third-order valence-corrected chi connectivity index (χ3v) is 4.43. The molecule has 1 amide bonds. The fraction of sp³-hybridized carbons (Fsp3) is 0.316. The molecule has 2 aromatic heterocycles. The van der Waals surface area contributed by atoms with Crippen LogP contribution in [0.3, 0.4) is 0 Å². The number of carbonyl (C=O) groups excluding carboxylic acids is 1. The summed E-state index contributed by atoms with van der Waals surface area (Å²) in [4.78, 5) is 27.4. The first-order valence-electron chi connectivity index (χ1n) is 8.49. The summed E-state index contributed by atoms with van der Waals surface area (Å²) in [6.07, 6.45) is 1.98. The summed E-state index contributed by atoms with van der Waals surface area (Å²) < 4.78 is 1.48. The largest absolute Gasteiger partial charge is 0.480 e. The molecule has 7 heteroatoms. The van der Waals surface area contributed by atoms with Gasteiger partial charge in [-0.15, -0.1) is 0 Å². The van der Waals surface area contributed by atoms with Gasteiger partial charge in [-0.2, -0.15) is 5.10 Å². The van der Waals surface area contributed by atoms with Crippen molar-refractivity contribution in [2.45, 2.75) is 32.2 Å². The van der Waals surface area contributed by atoms with E-state index >= 15 is 0 Å². The van der Waals surface area contributed by atoms with Gasteiger partial charge in [0.15, 0.2) is 0 Å². The summed E-state index contributed by atoms with van der Waals surface area (Å²) in [6, 6.07) is 8.34. The lowest BCUT2D eigenvalue weighted by atomic mass is 10.0. The number of fused-ring (bicyclic) bond motifs is 1. The number of carbonyl (C=O) groups is 2. The molecule has 3 N–H and O–H groups in total. The Labute approximate surface area is 151 Å². The topological polar surface area (TPSA) is 100 Å². The van der Waals surface area contributed by atoms with E-state index in [1.165, 1.54) is 4.68 Å². The first-order valence-corrected chi connectivity index (χ1v) is 8.49. The van der Waals surface area contributed by atoms with Crippen molar-refractivity contribution in [3.8, 4) is 0 Å². The third kappa shape index (κ3) is 3.46. The minimum Gasteiger partial charge on any atom is -0.480 e. The van der Waals surface area contributed by atoms with Crippen molar-refractivity contribution in [1.29, 1.82) is 0 Å². The Hall–Kier alpha value is -3.09. The van der Waals surface area contributed by atoms with Crippen LogP contribution in [0, 0.1) is 0 Å². The Morgan fingerprint density at radius 2 is 2.04 bits per heavy atom. The van der Waals surface area contributed by atoms with E-state index in [2.05, 4.69) is 15.4 Å². The molecule has 0 radical (unpaired) electrons. The van der Waals surface area contributed by atoms with Gasteiger partial charge >= 0.3 is 5.97 Å². The number of para-hydroxylation sites is 1. The summed E-state index contributed by atoms with van der Waals surface area (Å²) in [5.74, 6) is -1.33. The molecule has 1 atom stereocenters. The first kappa shape index (κ1) is 17.7. The van der Waals surface area contributed by atoms with Gasteiger partial charge in [0.05, 0.1) is 5.69 Å². The molecule has 0 aliphatic heterocycles. The van der Waals surface area contributed by atoms with Crippen LogP contribution in [0.1, 0.15) is 41.5 Å². The summed E-state index contributed by atoms with van der Waals surface area (Å²) in [5.41, 5.74) is 2.92. The second-order valence-corrected chi connectivity index (χ2v) is 6.66. The van der Waals surface area contributed by atoms with Gasteiger partial charge in [0, 0.05) is 30.6 Å². The zero-order valence-electron chi connectivity index (χ0n) is 15.0. The molecule has 0 aliphatic rings. The van der Waals surface area contributed by atoms with Crippen LogP contribution in [-0.2, 0) is 18.3 Å². The zero-order valence-corrected chi connectivity index (χ0v) is 15.0. The first-order chi connectivity index (χ1) is 12.4. The average molecular weight is 354 g/mol. The van der Waals surface area contributed by atoms with Gasteiger partial charge in [0.25, 0.3) is 5.91 Å². The van der Waals surface area contributed by atoms with Crippen LogP contribution in [0.25, 0.3) is 10.9 Å². The molecule has 7 nitrogen and oxygen atoms in total. The predicted molar refractivity (Wildman–Crippen MR) is 98.2 cm³/mol. The quantitative estimate of drug-likeness (QED) is 0.633. The van der Waals surface area contributed by atoms with E-state index in [1.807, 2.05) is 38.1 Å². The number of hydrogen-bond donors (Lipinski definition) is 3. The van der Waals surface area contributed by atoms with Gasteiger partial charge in [-0.3, -0.25) is 9.48 Å². The Bertz CT molecular complexity index is 955. The number of amides is 1. The van der Waals surface area contributed by atoms with Gasteiger partial charge in [-0.1, -0.05) is 32.0 Å². The third-order valence-electron chi connectivity index (χ3n) is 4.43. The molecule has 3 rings (SSSR count). The van der Waals surface area contributed by atoms with Gasteiger partial charge in [0.2, 0.25) is 0 Å². The van der Waals surface area contributed by atoms with Crippen molar-refractivity contribution in [1.82, 2.24) is 20.1 Å². The fourth-order valence-electron chi connectivity index (χ4n) is 2.94. The number of aryl methyl sites for hydroxylation is 1. The van der Waals surface area contributed by atoms with Crippen LogP contribution >= 0.6 is 0 Å². The van der Waals surface area contributed by atoms with E-state index in [-0.39, 0.29) is 12.3 Å². The predicted octanol–water partition coefficient (Wildman–Crippen LogP) is 2.45. The lowest BCUT2D eigenvalue weighted by molar-refractivity contribution is -0.139. The average Bonchev–Trinajstić information content (AvgIpc) is 3.18. The number of rotatable bonds is 6. The van der Waals surface area contributed by atoms with Crippen LogP contribution in [0.4, 0.5) is 0 Å². The maximum absolute atomic E-state index is 12.6. The summed E-state index contributed by atoms with van der Waals surface area (Å²) in [6.45, 7) is 3.97. The van der Waals surface area contributed by atoms with Gasteiger partial charge in [-0.05, 0) is 23.6 Å². The molecule has 0 saturated heterocycles. The highest BCUT2D eigenvalue weighted by atomic mass is 16.4. The van der Waals surface area contributed by atoms with E-state index < -0.39 is 17.9 Å². The molecule has 0 spiro atoms. The fourth-order valence-corrected chi connectivity index (χ4v) is 2.94. The molecule has 0 fully saturated rings. The Kier molecular flexibility index (Phi) is 4.79. The van der Waals surface area contributed by atoms with E-state index in [1.54, 1.807) is 19.3 Å². The maximum atomic E-state index is 12.6. The number of hydrogen-bond acceptors (Lipinski definition) is 3. The Balaban J connectivity index is 1.80. The normalized spacial score (nSPS) is 12.5. The number of carboxylic acid groups (broad SMARTS) is 1. The molecular formula is C19H22N4O3. The zero-order chi connectivity index (χ0) is 18.8. The Morgan fingerprint density at radius 3 is 2.69 bits per heavy atom. The van der Waals surface area contributed by atoms with Crippen LogP contribution in [0.2, 0.25) is 0 Å². The van der Waals surface area contributed by atoms with Crippen LogP contribution in [-0.4, -0.2) is 37.8 Å². The molecule has 0 bridgehead atoms. The van der Waals surface area contributed by atoms with E-state index in [0.29, 0.717) is 5.69 Å². The van der Waals surface area contributed by atoms with Crippen molar-refractivity contribution in [2.75, 3.05) is 0 Å². The van der Waals surface area contributed by atoms with Crippen molar-refractivity contribution in [2.24, 2.45) is 7.05 Å². The summed E-state index contributed by atoms with van der Waals surface area (Å²) in [5, 5.41) is 17.4. The summed E-state index contributed by atoms with van der Waals surface area (Å²) >= 11 is 0. The number of aromatic amines is 1. The highest BCUT2D eigenvalue weighted by Crippen LogP contribution is 2.19. The molecule has 0 saturated carbocycles. The molecule has 1 aromatic carbocycles. The molecule has 136 valence electrons. The van der Waals surface area contributed by atoms with Crippen molar-refractivity contribution in [3.63, 3.8) is 0 Å². The Morgan fingerprint density at radius 1 is 1.31 bits per heavy atom. The second kappa shape index (κ2) is 7.03. The van der Waals surface area contributed by atoms with Crippen molar-refractivity contribution < 1.29 is 14.7 Å². The van der Waals surface area contributed by atoms with Crippen molar-refractivity contribution in [3.05, 3.63) is 53.5 Å². The monoisotopic (exact) mass is 354 g/mol. The van der Waals surface area contributed by atoms with Crippen LogP contribution in [0.15, 0.2) is 36.5 Å². The van der Waals surface area contributed by atoms with Crippen molar-refractivity contribution >= 4 is 22.8 Å². The van der Waals surface area contributed by atoms with Gasteiger partial charge in [-0.25, -0.2) is 4.79 Å². The molecule has 0 aliphatic carbocycles. The summed E-state index contributed by atoms with van der Waals surface area (Å²) in [7, 11) is 1.68. The second-order valence-electron chi connectivity index (χ2n) is 6.66. The SMILES string of the molecule is CC(C)c1cc(C(=O)N[C@@H](Cc2c[nH]c3ccccc23)C(=O)O)n(C)n1. The highest BCUT2D eigenvalue weighted by molar-refractivity contribution is 5.95. The van der Waals surface area contributed by atoms with Crippen LogP contribution < -0.4 is 5.32 Å². The van der Waals surface area contributed by atoms with E-state index in [4.69, 9.17) is 0 Å². The molecular weight excluding hydrogens is 332 g/mol. The standard InChI is InChI=1S/C19H22N4O3/c1-11(2)15-9-17(23(3)22-15)18(24)21-16(19(25)26)8-12-10-20-14-7-5-4-6-13(12)14/h4-7,9-11,16,20H,8H2,1-3H3,(H,21,24)(H,25,26)/t16-/m0/s1.